The van der Waals surface area contributed by atoms with Gasteiger partial charge in [-0.15, -0.1) is 0 Å². The summed E-state index contributed by atoms with van der Waals surface area (Å²) in [6.07, 6.45) is 4.09. The SMILES string of the molecule is N#CCN1CCOC2CCCC21. The van der Waals surface area contributed by atoms with Crippen LogP contribution in [0.5, 0.6) is 0 Å². The molecule has 2 rings (SSSR count). The van der Waals surface area contributed by atoms with Gasteiger partial charge in [0, 0.05) is 12.6 Å². The van der Waals surface area contributed by atoms with Gasteiger partial charge in [-0.2, -0.15) is 5.26 Å². The Kier molecular flexibility index (Phi) is 2.29. The third kappa shape index (κ3) is 1.33. The molecule has 0 spiro atoms. The second kappa shape index (κ2) is 3.42. The monoisotopic (exact) mass is 166 g/mol. The number of hydrogen-bond donors (Lipinski definition) is 0. The molecule has 1 aliphatic heterocycles. The summed E-state index contributed by atoms with van der Waals surface area (Å²) in [5.74, 6) is 0. The van der Waals surface area contributed by atoms with Gasteiger partial charge < -0.3 is 4.74 Å². The van der Waals surface area contributed by atoms with E-state index in [4.69, 9.17) is 10.00 Å². The van der Waals surface area contributed by atoms with Crippen LogP contribution in [0.2, 0.25) is 0 Å². The number of ether oxygens (including phenoxy) is 1. The zero-order chi connectivity index (χ0) is 8.39. The third-order valence-electron chi connectivity index (χ3n) is 2.87. The van der Waals surface area contributed by atoms with E-state index in [-0.39, 0.29) is 0 Å². The van der Waals surface area contributed by atoms with E-state index in [0.29, 0.717) is 18.7 Å². The summed E-state index contributed by atoms with van der Waals surface area (Å²) in [7, 11) is 0. The van der Waals surface area contributed by atoms with E-state index >= 15 is 0 Å². The molecular weight excluding hydrogens is 152 g/mol. The Balaban J connectivity index is 1.99. The molecule has 0 aromatic heterocycles. The van der Waals surface area contributed by atoms with Crippen molar-refractivity contribution in [3.8, 4) is 6.07 Å². The van der Waals surface area contributed by atoms with Crippen LogP contribution in [0.3, 0.4) is 0 Å². The molecule has 1 saturated carbocycles. The average molecular weight is 166 g/mol. The number of fused-ring (bicyclic) bond motifs is 1. The molecule has 1 saturated heterocycles. The van der Waals surface area contributed by atoms with Gasteiger partial charge in [-0.1, -0.05) is 0 Å². The largest absolute Gasteiger partial charge is 0.375 e. The van der Waals surface area contributed by atoms with Crippen molar-refractivity contribution >= 4 is 0 Å². The Morgan fingerprint density at radius 1 is 1.50 bits per heavy atom. The minimum absolute atomic E-state index is 0.423. The first-order valence-corrected chi connectivity index (χ1v) is 4.64. The summed E-state index contributed by atoms with van der Waals surface area (Å²) < 4.78 is 5.63. The van der Waals surface area contributed by atoms with Crippen LogP contribution in [0.1, 0.15) is 19.3 Å². The average Bonchev–Trinajstić information content (AvgIpc) is 2.53. The summed E-state index contributed by atoms with van der Waals surface area (Å²) in [4.78, 5) is 2.27. The van der Waals surface area contributed by atoms with Crippen molar-refractivity contribution in [2.75, 3.05) is 19.7 Å². The smallest absolute Gasteiger partial charge is 0.0870 e. The highest BCUT2D eigenvalue weighted by Gasteiger charge is 2.35. The van der Waals surface area contributed by atoms with Crippen LogP contribution in [0.15, 0.2) is 0 Å². The molecule has 0 aromatic rings. The maximum Gasteiger partial charge on any atom is 0.0870 e. The molecule has 0 bridgehead atoms. The van der Waals surface area contributed by atoms with Crippen LogP contribution in [-0.2, 0) is 4.74 Å². The first-order valence-electron chi connectivity index (χ1n) is 4.64. The Morgan fingerprint density at radius 2 is 2.42 bits per heavy atom. The molecule has 1 aliphatic carbocycles. The van der Waals surface area contributed by atoms with Gasteiger partial charge in [-0.3, -0.25) is 4.90 Å². The van der Waals surface area contributed by atoms with E-state index < -0.39 is 0 Å². The van der Waals surface area contributed by atoms with Crippen molar-refractivity contribution < 1.29 is 4.74 Å². The van der Waals surface area contributed by atoms with E-state index in [1.165, 1.54) is 19.3 Å². The number of morpholine rings is 1. The van der Waals surface area contributed by atoms with Gasteiger partial charge in [0.1, 0.15) is 0 Å². The topological polar surface area (TPSA) is 36.3 Å². The lowest BCUT2D eigenvalue weighted by molar-refractivity contribution is -0.0505. The number of rotatable bonds is 1. The molecule has 0 N–H and O–H groups in total. The van der Waals surface area contributed by atoms with Crippen molar-refractivity contribution in [3.05, 3.63) is 0 Å². The molecule has 2 fully saturated rings. The van der Waals surface area contributed by atoms with E-state index in [1.807, 2.05) is 0 Å². The fourth-order valence-corrected chi connectivity index (χ4v) is 2.29. The van der Waals surface area contributed by atoms with Crippen molar-refractivity contribution in [2.45, 2.75) is 31.4 Å². The van der Waals surface area contributed by atoms with Crippen molar-refractivity contribution in [1.29, 1.82) is 5.26 Å². The lowest BCUT2D eigenvalue weighted by Crippen LogP contribution is -2.48. The molecule has 3 heteroatoms. The summed E-state index contributed by atoms with van der Waals surface area (Å²) in [6.45, 7) is 2.32. The molecule has 0 aromatic carbocycles. The summed E-state index contributed by atoms with van der Waals surface area (Å²) in [5, 5.41) is 8.61. The lowest BCUT2D eigenvalue weighted by Gasteiger charge is -2.35. The maximum absolute atomic E-state index is 8.61. The quantitative estimate of drug-likeness (QED) is 0.540. The van der Waals surface area contributed by atoms with Gasteiger partial charge in [-0.05, 0) is 19.3 Å². The maximum atomic E-state index is 8.61. The molecule has 3 nitrogen and oxygen atoms in total. The van der Waals surface area contributed by atoms with Gasteiger partial charge in [0.25, 0.3) is 0 Å². The molecule has 0 radical (unpaired) electrons. The van der Waals surface area contributed by atoms with Gasteiger partial charge >= 0.3 is 0 Å². The lowest BCUT2D eigenvalue weighted by atomic mass is 10.1. The minimum atomic E-state index is 0.423. The highest BCUT2D eigenvalue weighted by atomic mass is 16.5. The molecular formula is C9H14N2O. The van der Waals surface area contributed by atoms with E-state index in [9.17, 15) is 0 Å². The predicted molar refractivity (Wildman–Crippen MR) is 44.6 cm³/mol. The number of nitriles is 1. The first kappa shape index (κ1) is 8.03. The van der Waals surface area contributed by atoms with E-state index in [1.54, 1.807) is 0 Å². The third-order valence-corrected chi connectivity index (χ3v) is 2.87. The molecule has 2 atom stereocenters. The molecule has 66 valence electrons. The Hall–Kier alpha value is -0.590. The molecule has 0 amide bonds. The standard InChI is InChI=1S/C9H14N2O/c10-4-5-11-6-7-12-9-3-1-2-8(9)11/h8-9H,1-3,5-7H2. The van der Waals surface area contributed by atoms with E-state index in [2.05, 4.69) is 11.0 Å². The summed E-state index contributed by atoms with van der Waals surface area (Å²) >= 11 is 0. The van der Waals surface area contributed by atoms with Gasteiger partial charge in [0.2, 0.25) is 0 Å². The number of nitrogens with zero attached hydrogens (tertiary/aromatic N) is 2. The normalized spacial score (nSPS) is 35.9. The zero-order valence-electron chi connectivity index (χ0n) is 7.20. The minimum Gasteiger partial charge on any atom is -0.375 e. The Labute approximate surface area is 72.9 Å². The molecule has 12 heavy (non-hydrogen) atoms. The summed E-state index contributed by atoms with van der Waals surface area (Å²) in [6, 6.07) is 2.76. The predicted octanol–water partition coefficient (Wildman–Crippen LogP) is 0.763. The van der Waals surface area contributed by atoms with Crippen LogP contribution in [0.25, 0.3) is 0 Å². The molecule has 2 unspecified atom stereocenters. The molecule has 1 heterocycles. The van der Waals surface area contributed by atoms with Gasteiger partial charge in [0.05, 0.1) is 25.3 Å². The van der Waals surface area contributed by atoms with Crippen molar-refractivity contribution in [2.24, 2.45) is 0 Å². The van der Waals surface area contributed by atoms with Crippen LogP contribution >= 0.6 is 0 Å². The highest BCUT2D eigenvalue weighted by molar-refractivity contribution is 4.92. The fourth-order valence-electron chi connectivity index (χ4n) is 2.29. The van der Waals surface area contributed by atoms with Crippen molar-refractivity contribution in [3.63, 3.8) is 0 Å². The van der Waals surface area contributed by atoms with Crippen LogP contribution in [0, 0.1) is 11.3 Å². The van der Waals surface area contributed by atoms with Gasteiger partial charge in [-0.25, -0.2) is 0 Å². The van der Waals surface area contributed by atoms with Gasteiger partial charge in [0.15, 0.2) is 0 Å². The second-order valence-corrected chi connectivity index (χ2v) is 3.54. The van der Waals surface area contributed by atoms with Crippen LogP contribution < -0.4 is 0 Å². The first-order chi connectivity index (χ1) is 5.92. The second-order valence-electron chi connectivity index (χ2n) is 3.54. The highest BCUT2D eigenvalue weighted by Crippen LogP contribution is 2.29. The van der Waals surface area contributed by atoms with Crippen molar-refractivity contribution in [1.82, 2.24) is 4.90 Å². The zero-order valence-corrected chi connectivity index (χ0v) is 7.20. The Morgan fingerprint density at radius 3 is 3.25 bits per heavy atom. The number of hydrogen-bond acceptors (Lipinski definition) is 3. The van der Waals surface area contributed by atoms with Crippen LogP contribution in [0.4, 0.5) is 0 Å². The Bertz CT molecular complexity index is 199. The summed E-state index contributed by atoms with van der Waals surface area (Å²) in [5.41, 5.74) is 0. The fraction of sp³-hybridized carbons (Fsp3) is 0.889. The van der Waals surface area contributed by atoms with Crippen LogP contribution in [-0.4, -0.2) is 36.7 Å². The van der Waals surface area contributed by atoms with E-state index in [0.717, 1.165) is 13.2 Å². The molecule has 2 aliphatic rings.